The van der Waals surface area contributed by atoms with Gasteiger partial charge < -0.3 is 15.2 Å². The summed E-state index contributed by atoms with van der Waals surface area (Å²) in [6.07, 6.45) is -0.152. The van der Waals surface area contributed by atoms with Gasteiger partial charge in [0.1, 0.15) is 11.9 Å². The second kappa shape index (κ2) is 6.85. The second-order valence-electron chi connectivity index (χ2n) is 5.98. The highest BCUT2D eigenvalue weighted by Crippen LogP contribution is 2.35. The topological polar surface area (TPSA) is 94.8 Å². The highest BCUT2D eigenvalue weighted by molar-refractivity contribution is 6.03. The SMILES string of the molecule is CCC1Oc2ccc(N)nc2N(C(C)C(=O)OCC(C)C)C1=O. The maximum Gasteiger partial charge on any atom is 0.329 e. The van der Waals surface area contributed by atoms with E-state index in [1.807, 2.05) is 20.8 Å². The zero-order valence-electron chi connectivity index (χ0n) is 13.9. The van der Waals surface area contributed by atoms with Gasteiger partial charge in [-0.1, -0.05) is 20.8 Å². The summed E-state index contributed by atoms with van der Waals surface area (Å²) in [4.78, 5) is 30.4. The smallest absolute Gasteiger partial charge is 0.329 e. The Morgan fingerprint density at radius 2 is 2.13 bits per heavy atom. The zero-order chi connectivity index (χ0) is 17.1. The van der Waals surface area contributed by atoms with Crippen molar-refractivity contribution in [2.75, 3.05) is 17.2 Å². The Hall–Kier alpha value is -2.31. The van der Waals surface area contributed by atoms with Crippen molar-refractivity contribution in [1.82, 2.24) is 4.98 Å². The predicted molar refractivity (Wildman–Crippen MR) is 86.1 cm³/mol. The lowest BCUT2D eigenvalue weighted by Crippen LogP contribution is -2.53. The molecular formula is C16H23N3O4. The molecule has 126 valence electrons. The number of aromatic nitrogens is 1. The highest BCUT2D eigenvalue weighted by atomic mass is 16.5. The van der Waals surface area contributed by atoms with Crippen molar-refractivity contribution in [1.29, 1.82) is 0 Å². The molecule has 7 nitrogen and oxygen atoms in total. The van der Waals surface area contributed by atoms with Crippen molar-refractivity contribution < 1.29 is 19.1 Å². The largest absolute Gasteiger partial charge is 0.477 e. The van der Waals surface area contributed by atoms with Crippen LogP contribution in [0.25, 0.3) is 0 Å². The number of esters is 1. The van der Waals surface area contributed by atoms with Crippen LogP contribution < -0.4 is 15.4 Å². The van der Waals surface area contributed by atoms with Crippen molar-refractivity contribution in [3.8, 4) is 5.75 Å². The van der Waals surface area contributed by atoms with Crippen LogP contribution >= 0.6 is 0 Å². The number of carbonyl (C=O) groups is 2. The third kappa shape index (κ3) is 3.55. The van der Waals surface area contributed by atoms with Gasteiger partial charge in [0.15, 0.2) is 17.7 Å². The van der Waals surface area contributed by atoms with Gasteiger partial charge >= 0.3 is 5.97 Å². The fraction of sp³-hybridized carbons (Fsp3) is 0.562. The van der Waals surface area contributed by atoms with E-state index >= 15 is 0 Å². The standard InChI is InChI=1S/C16H23N3O4/c1-5-11-15(20)19(10(4)16(21)22-8-9(2)3)14-12(23-11)6-7-13(17)18-14/h6-7,9-11H,5,8H2,1-4H3,(H2,17,18). The van der Waals surface area contributed by atoms with Crippen LogP contribution in [-0.4, -0.2) is 35.6 Å². The van der Waals surface area contributed by atoms with E-state index in [-0.39, 0.29) is 23.5 Å². The van der Waals surface area contributed by atoms with Crippen molar-refractivity contribution in [2.45, 2.75) is 46.3 Å². The van der Waals surface area contributed by atoms with Crippen molar-refractivity contribution in [3.05, 3.63) is 12.1 Å². The van der Waals surface area contributed by atoms with Gasteiger partial charge in [0.05, 0.1) is 6.61 Å². The van der Waals surface area contributed by atoms with E-state index < -0.39 is 18.1 Å². The average molecular weight is 321 g/mol. The number of amides is 1. The lowest BCUT2D eigenvalue weighted by atomic mass is 10.1. The Bertz CT molecular complexity index is 603. The molecule has 0 aromatic carbocycles. The Morgan fingerprint density at radius 1 is 1.43 bits per heavy atom. The van der Waals surface area contributed by atoms with Crippen LogP contribution in [0, 0.1) is 5.92 Å². The van der Waals surface area contributed by atoms with E-state index in [1.54, 1.807) is 19.1 Å². The molecule has 1 amide bonds. The maximum atomic E-state index is 12.6. The first-order valence-electron chi connectivity index (χ1n) is 7.78. The molecule has 7 heteroatoms. The van der Waals surface area contributed by atoms with E-state index in [9.17, 15) is 9.59 Å². The van der Waals surface area contributed by atoms with Gasteiger partial charge in [-0.3, -0.25) is 9.69 Å². The number of nitrogens with zero attached hydrogens (tertiary/aromatic N) is 2. The molecule has 0 saturated heterocycles. The van der Waals surface area contributed by atoms with Crippen molar-refractivity contribution >= 4 is 23.5 Å². The third-order valence-corrected chi connectivity index (χ3v) is 3.53. The number of nitrogens with two attached hydrogens (primary N) is 1. The Kier molecular flexibility index (Phi) is 5.08. The number of fused-ring (bicyclic) bond motifs is 1. The van der Waals surface area contributed by atoms with Crippen LogP contribution in [0.2, 0.25) is 0 Å². The lowest BCUT2D eigenvalue weighted by molar-refractivity contribution is -0.147. The summed E-state index contributed by atoms with van der Waals surface area (Å²) in [5.41, 5.74) is 5.71. The Balaban J connectivity index is 2.32. The molecule has 2 heterocycles. The van der Waals surface area contributed by atoms with Crippen molar-refractivity contribution in [3.63, 3.8) is 0 Å². The van der Waals surface area contributed by atoms with Crippen molar-refractivity contribution in [2.24, 2.45) is 5.92 Å². The molecule has 0 aliphatic carbocycles. The first-order valence-corrected chi connectivity index (χ1v) is 7.78. The van der Waals surface area contributed by atoms with Crippen LogP contribution in [0.15, 0.2) is 12.1 Å². The number of anilines is 2. The first-order chi connectivity index (χ1) is 10.8. The molecule has 2 atom stereocenters. The molecule has 2 N–H and O–H groups in total. The third-order valence-electron chi connectivity index (χ3n) is 3.53. The summed E-state index contributed by atoms with van der Waals surface area (Å²) in [6, 6.07) is 2.46. The summed E-state index contributed by atoms with van der Waals surface area (Å²) in [6.45, 7) is 7.66. The van der Waals surface area contributed by atoms with E-state index in [1.165, 1.54) is 4.90 Å². The number of carbonyl (C=O) groups excluding carboxylic acids is 2. The average Bonchev–Trinajstić information content (AvgIpc) is 2.51. The molecule has 0 bridgehead atoms. The van der Waals surface area contributed by atoms with Gasteiger partial charge in [-0.15, -0.1) is 0 Å². The molecule has 0 radical (unpaired) electrons. The predicted octanol–water partition coefficient (Wildman–Crippen LogP) is 1.76. The number of hydrogen-bond acceptors (Lipinski definition) is 6. The molecule has 23 heavy (non-hydrogen) atoms. The minimum Gasteiger partial charge on any atom is -0.477 e. The zero-order valence-corrected chi connectivity index (χ0v) is 13.9. The summed E-state index contributed by atoms with van der Waals surface area (Å²) < 4.78 is 10.9. The second-order valence-corrected chi connectivity index (χ2v) is 5.98. The molecule has 0 fully saturated rings. The Labute approximate surface area is 135 Å². The fourth-order valence-electron chi connectivity index (χ4n) is 2.29. The summed E-state index contributed by atoms with van der Waals surface area (Å²) in [5.74, 6) is 0.382. The molecular weight excluding hydrogens is 298 g/mol. The van der Waals surface area contributed by atoms with E-state index in [0.717, 1.165) is 0 Å². The monoisotopic (exact) mass is 321 g/mol. The van der Waals surface area contributed by atoms with Gasteiger partial charge in [0.25, 0.3) is 5.91 Å². The van der Waals surface area contributed by atoms with Gasteiger partial charge in [0.2, 0.25) is 0 Å². The highest BCUT2D eigenvalue weighted by Gasteiger charge is 2.40. The molecule has 0 saturated carbocycles. The molecule has 2 unspecified atom stereocenters. The van der Waals surface area contributed by atoms with Gasteiger partial charge in [-0.2, -0.15) is 0 Å². The lowest BCUT2D eigenvalue weighted by Gasteiger charge is -2.35. The molecule has 1 aliphatic heterocycles. The van der Waals surface area contributed by atoms with E-state index in [4.69, 9.17) is 15.2 Å². The quantitative estimate of drug-likeness (QED) is 0.830. The number of ether oxygens (including phenoxy) is 2. The van der Waals surface area contributed by atoms with Crippen LogP contribution in [0.5, 0.6) is 5.75 Å². The van der Waals surface area contributed by atoms with Gasteiger partial charge in [-0.05, 0) is 31.4 Å². The van der Waals surface area contributed by atoms with E-state index in [2.05, 4.69) is 4.98 Å². The van der Waals surface area contributed by atoms with Gasteiger partial charge in [-0.25, -0.2) is 9.78 Å². The summed E-state index contributed by atoms with van der Waals surface area (Å²) in [5, 5.41) is 0. The number of nitrogen functional groups attached to an aromatic ring is 1. The van der Waals surface area contributed by atoms with Crippen LogP contribution in [0.4, 0.5) is 11.6 Å². The fourth-order valence-corrected chi connectivity index (χ4v) is 2.29. The Morgan fingerprint density at radius 3 is 2.74 bits per heavy atom. The number of hydrogen-bond donors (Lipinski definition) is 1. The number of rotatable bonds is 5. The van der Waals surface area contributed by atoms with Crippen LogP contribution in [0.1, 0.15) is 34.1 Å². The molecule has 2 rings (SSSR count). The van der Waals surface area contributed by atoms with Crippen LogP contribution in [-0.2, 0) is 14.3 Å². The minimum absolute atomic E-state index is 0.219. The van der Waals surface area contributed by atoms with E-state index in [0.29, 0.717) is 18.8 Å². The first kappa shape index (κ1) is 17.1. The minimum atomic E-state index is -0.799. The molecule has 0 spiro atoms. The normalized spacial score (nSPS) is 18.4. The van der Waals surface area contributed by atoms with Crippen LogP contribution in [0.3, 0.4) is 0 Å². The molecule has 1 aromatic heterocycles. The maximum absolute atomic E-state index is 12.6. The number of pyridine rings is 1. The summed E-state index contributed by atoms with van der Waals surface area (Å²) in [7, 11) is 0. The molecule has 1 aliphatic rings. The molecule has 1 aromatic rings. The van der Waals surface area contributed by atoms with Gasteiger partial charge in [0, 0.05) is 0 Å². The summed E-state index contributed by atoms with van der Waals surface area (Å²) >= 11 is 0.